The third-order valence-electron chi connectivity index (χ3n) is 3.43. The van der Waals surface area contributed by atoms with Crippen LogP contribution in [0.4, 0.5) is 10.1 Å². The van der Waals surface area contributed by atoms with Crippen molar-refractivity contribution in [3.05, 3.63) is 58.5 Å². The maximum atomic E-state index is 13.3. The van der Waals surface area contributed by atoms with Crippen LogP contribution in [-0.4, -0.2) is 10.9 Å². The molecule has 0 spiro atoms. The summed E-state index contributed by atoms with van der Waals surface area (Å²) in [6.07, 6.45) is 0.0800. The summed E-state index contributed by atoms with van der Waals surface area (Å²) >= 11 is 1.52. The lowest BCUT2D eigenvalue weighted by Crippen LogP contribution is -2.16. The number of halogens is 1. The molecule has 1 aromatic carbocycles. The second-order valence-corrected chi connectivity index (χ2v) is 6.13. The van der Waals surface area contributed by atoms with Crippen molar-refractivity contribution in [2.45, 2.75) is 20.3 Å². The standard InChI is InChI=1S/C17H15FN2O2S/c1-10-5-6-12(18)8-13(10)19-16(21)9-14-11(2)22-17(20-14)15-4-3-7-23-15/h3-8H,9H2,1-2H3,(H,19,21). The minimum atomic E-state index is -0.386. The average molecular weight is 330 g/mol. The molecule has 2 heterocycles. The van der Waals surface area contributed by atoms with Crippen molar-refractivity contribution in [3.63, 3.8) is 0 Å². The highest BCUT2D eigenvalue weighted by molar-refractivity contribution is 7.13. The zero-order chi connectivity index (χ0) is 16.4. The van der Waals surface area contributed by atoms with Crippen molar-refractivity contribution < 1.29 is 13.6 Å². The molecule has 0 unspecified atom stereocenters. The minimum absolute atomic E-state index is 0.0800. The van der Waals surface area contributed by atoms with Gasteiger partial charge in [0.2, 0.25) is 11.8 Å². The number of aryl methyl sites for hydroxylation is 2. The molecule has 118 valence electrons. The van der Waals surface area contributed by atoms with E-state index in [1.165, 1.54) is 23.5 Å². The number of nitrogens with zero attached hydrogens (tertiary/aromatic N) is 1. The summed E-state index contributed by atoms with van der Waals surface area (Å²) in [5.74, 6) is 0.484. The van der Waals surface area contributed by atoms with Crippen molar-refractivity contribution in [3.8, 4) is 10.8 Å². The number of benzene rings is 1. The van der Waals surface area contributed by atoms with Crippen LogP contribution in [-0.2, 0) is 11.2 Å². The molecular weight excluding hydrogens is 315 g/mol. The molecule has 0 bridgehead atoms. The molecule has 0 fully saturated rings. The third kappa shape index (κ3) is 3.48. The smallest absolute Gasteiger partial charge is 0.236 e. The van der Waals surface area contributed by atoms with Gasteiger partial charge in [-0.2, -0.15) is 0 Å². The Balaban J connectivity index is 1.74. The van der Waals surface area contributed by atoms with E-state index in [1.807, 2.05) is 24.4 Å². The van der Waals surface area contributed by atoms with E-state index < -0.39 is 0 Å². The second-order valence-electron chi connectivity index (χ2n) is 5.18. The SMILES string of the molecule is Cc1ccc(F)cc1NC(=O)Cc1nc(-c2cccs2)oc1C. The molecule has 1 amide bonds. The molecule has 0 radical (unpaired) electrons. The minimum Gasteiger partial charge on any atom is -0.440 e. The number of amides is 1. The molecule has 2 aromatic heterocycles. The van der Waals surface area contributed by atoms with Crippen LogP contribution in [0.2, 0.25) is 0 Å². The predicted octanol–water partition coefficient (Wildman–Crippen LogP) is 4.34. The first-order chi connectivity index (χ1) is 11.0. The van der Waals surface area contributed by atoms with E-state index in [1.54, 1.807) is 13.0 Å². The lowest BCUT2D eigenvalue weighted by atomic mass is 10.2. The normalized spacial score (nSPS) is 10.7. The number of aromatic nitrogens is 1. The topological polar surface area (TPSA) is 55.1 Å². The molecule has 0 saturated heterocycles. The maximum absolute atomic E-state index is 13.3. The lowest BCUT2D eigenvalue weighted by Gasteiger charge is -2.07. The second kappa shape index (κ2) is 6.34. The van der Waals surface area contributed by atoms with Crippen LogP contribution in [0.3, 0.4) is 0 Å². The van der Waals surface area contributed by atoms with E-state index in [0.29, 0.717) is 23.0 Å². The van der Waals surface area contributed by atoms with Crippen molar-refractivity contribution in [1.82, 2.24) is 4.98 Å². The number of hydrogen-bond acceptors (Lipinski definition) is 4. The Morgan fingerprint density at radius 3 is 2.91 bits per heavy atom. The van der Waals surface area contributed by atoms with Gasteiger partial charge in [0.1, 0.15) is 11.6 Å². The number of carbonyl (C=O) groups excluding carboxylic acids is 1. The predicted molar refractivity (Wildman–Crippen MR) is 88.0 cm³/mol. The first-order valence-electron chi connectivity index (χ1n) is 7.09. The maximum Gasteiger partial charge on any atom is 0.236 e. The number of nitrogens with one attached hydrogen (secondary N) is 1. The van der Waals surface area contributed by atoms with E-state index in [2.05, 4.69) is 10.3 Å². The average Bonchev–Trinajstić information content (AvgIpc) is 3.13. The van der Waals surface area contributed by atoms with Gasteiger partial charge in [-0.3, -0.25) is 4.79 Å². The summed E-state index contributed by atoms with van der Waals surface area (Å²) in [6.45, 7) is 3.59. The summed E-state index contributed by atoms with van der Waals surface area (Å²) in [4.78, 5) is 17.5. The molecule has 0 aliphatic heterocycles. The van der Waals surface area contributed by atoms with Gasteiger partial charge in [0.25, 0.3) is 0 Å². The largest absolute Gasteiger partial charge is 0.440 e. The quantitative estimate of drug-likeness (QED) is 0.774. The highest BCUT2D eigenvalue weighted by Gasteiger charge is 2.16. The molecular formula is C17H15FN2O2S. The summed E-state index contributed by atoms with van der Waals surface area (Å²) in [5, 5.41) is 4.65. The molecule has 0 aliphatic rings. The van der Waals surface area contributed by atoms with Gasteiger partial charge in [-0.15, -0.1) is 11.3 Å². The molecule has 0 saturated carbocycles. The monoisotopic (exact) mass is 330 g/mol. The van der Waals surface area contributed by atoms with Crippen molar-refractivity contribution in [1.29, 1.82) is 0 Å². The summed E-state index contributed by atoms with van der Waals surface area (Å²) in [6, 6.07) is 8.12. The van der Waals surface area contributed by atoms with Crippen LogP contribution < -0.4 is 5.32 Å². The van der Waals surface area contributed by atoms with Crippen molar-refractivity contribution in [2.75, 3.05) is 5.32 Å². The first-order valence-corrected chi connectivity index (χ1v) is 7.97. The Morgan fingerprint density at radius 1 is 1.35 bits per heavy atom. The Kier molecular flexibility index (Phi) is 4.25. The molecule has 3 aromatic rings. The number of thiophene rings is 1. The zero-order valence-corrected chi connectivity index (χ0v) is 13.5. The number of oxazole rings is 1. The van der Waals surface area contributed by atoms with E-state index in [-0.39, 0.29) is 18.1 Å². The highest BCUT2D eigenvalue weighted by atomic mass is 32.1. The zero-order valence-electron chi connectivity index (χ0n) is 12.7. The molecule has 4 nitrogen and oxygen atoms in total. The Morgan fingerprint density at radius 2 is 2.17 bits per heavy atom. The fourth-order valence-electron chi connectivity index (χ4n) is 2.17. The van der Waals surface area contributed by atoms with Crippen LogP contribution in [0, 0.1) is 19.7 Å². The van der Waals surface area contributed by atoms with Gasteiger partial charge in [-0.1, -0.05) is 12.1 Å². The molecule has 0 aliphatic carbocycles. The van der Waals surface area contributed by atoms with E-state index >= 15 is 0 Å². The number of anilines is 1. The van der Waals surface area contributed by atoms with E-state index in [4.69, 9.17) is 4.42 Å². The molecule has 0 atom stereocenters. The fourth-order valence-corrected chi connectivity index (χ4v) is 2.82. The lowest BCUT2D eigenvalue weighted by molar-refractivity contribution is -0.115. The number of rotatable bonds is 4. The van der Waals surface area contributed by atoms with E-state index in [9.17, 15) is 9.18 Å². The molecule has 1 N–H and O–H groups in total. The Labute approximate surface area is 137 Å². The summed E-state index contributed by atoms with van der Waals surface area (Å²) in [7, 11) is 0. The third-order valence-corrected chi connectivity index (χ3v) is 4.28. The highest BCUT2D eigenvalue weighted by Crippen LogP contribution is 2.26. The van der Waals surface area contributed by atoms with E-state index in [0.717, 1.165) is 10.4 Å². The van der Waals surface area contributed by atoms with Crippen LogP contribution in [0.5, 0.6) is 0 Å². The number of carbonyl (C=O) groups is 1. The van der Waals surface area contributed by atoms with Gasteiger partial charge in [0, 0.05) is 5.69 Å². The van der Waals surface area contributed by atoms with Crippen LogP contribution in [0.25, 0.3) is 10.8 Å². The van der Waals surface area contributed by atoms with Crippen LogP contribution in [0.15, 0.2) is 40.1 Å². The van der Waals surface area contributed by atoms with Gasteiger partial charge in [-0.25, -0.2) is 9.37 Å². The van der Waals surface area contributed by atoms with Gasteiger partial charge < -0.3 is 9.73 Å². The van der Waals surface area contributed by atoms with Gasteiger partial charge in [0.05, 0.1) is 17.0 Å². The Bertz CT molecular complexity index is 840. The van der Waals surface area contributed by atoms with Gasteiger partial charge in [0.15, 0.2) is 0 Å². The molecule has 3 rings (SSSR count). The summed E-state index contributed by atoms with van der Waals surface area (Å²) < 4.78 is 18.9. The van der Waals surface area contributed by atoms with Crippen molar-refractivity contribution in [2.24, 2.45) is 0 Å². The van der Waals surface area contributed by atoms with Gasteiger partial charge >= 0.3 is 0 Å². The summed E-state index contributed by atoms with van der Waals surface area (Å²) in [5.41, 5.74) is 1.85. The molecule has 23 heavy (non-hydrogen) atoms. The molecule has 6 heteroatoms. The van der Waals surface area contributed by atoms with Gasteiger partial charge in [-0.05, 0) is 43.0 Å². The number of hydrogen-bond donors (Lipinski definition) is 1. The van der Waals surface area contributed by atoms with Crippen LogP contribution >= 0.6 is 11.3 Å². The van der Waals surface area contributed by atoms with Crippen LogP contribution in [0.1, 0.15) is 17.0 Å². The first kappa shape index (κ1) is 15.4. The Hall–Kier alpha value is -2.47. The fraction of sp³-hybridized carbons (Fsp3) is 0.176. The van der Waals surface area contributed by atoms with Crippen molar-refractivity contribution >= 4 is 22.9 Å².